The van der Waals surface area contributed by atoms with Crippen LogP contribution in [0.1, 0.15) is 11.1 Å². The van der Waals surface area contributed by atoms with E-state index in [0.717, 1.165) is 26.1 Å². The Kier molecular flexibility index (Phi) is 3.41. The highest BCUT2D eigenvalue weighted by atomic mass is 32.2. The minimum absolute atomic E-state index is 0.857. The summed E-state index contributed by atoms with van der Waals surface area (Å²) in [5.41, 5.74) is 2.25. The van der Waals surface area contributed by atoms with Gasteiger partial charge in [-0.2, -0.15) is 0 Å². The fraction of sp³-hybridized carbons (Fsp3) is 0.111. The molecule has 1 atom stereocenters. The maximum Gasteiger partial charge on any atom is 0.0858 e. The molecule has 3 aromatic rings. The third-order valence-electron chi connectivity index (χ3n) is 3.50. The van der Waals surface area contributed by atoms with Crippen LogP contribution in [-0.4, -0.2) is 4.21 Å². The Bertz CT molecular complexity index is 788. The molecule has 3 aromatic carbocycles. The molecule has 0 aliphatic heterocycles. The van der Waals surface area contributed by atoms with Crippen molar-refractivity contribution in [3.8, 4) is 0 Å². The molecular weight excluding hydrogens is 264 g/mol. The molecule has 0 aliphatic carbocycles. The molecule has 0 aromatic heterocycles. The first-order valence-electron chi connectivity index (χ1n) is 6.63. The van der Waals surface area contributed by atoms with Crippen molar-refractivity contribution in [3.05, 3.63) is 71.8 Å². The van der Waals surface area contributed by atoms with Gasteiger partial charge in [0.05, 0.1) is 15.7 Å². The zero-order valence-electron chi connectivity index (χ0n) is 11.6. The van der Waals surface area contributed by atoms with Crippen molar-refractivity contribution in [1.82, 2.24) is 0 Å². The Morgan fingerprint density at radius 3 is 2.25 bits per heavy atom. The molecule has 100 valence electrons. The third kappa shape index (κ3) is 2.27. The molecule has 0 radical (unpaired) electrons. The standard InChI is InChI=1S/C18H16OS/c1-13-7-11-16(12-8-13)20(19)18-14(2)9-10-15-5-3-4-6-17(15)18/h3-12H,1-2H3. The summed E-state index contributed by atoms with van der Waals surface area (Å²) in [6, 6.07) is 20.2. The van der Waals surface area contributed by atoms with Crippen molar-refractivity contribution in [3.63, 3.8) is 0 Å². The van der Waals surface area contributed by atoms with E-state index in [1.165, 1.54) is 5.56 Å². The highest BCUT2D eigenvalue weighted by molar-refractivity contribution is 7.85. The summed E-state index contributed by atoms with van der Waals surface area (Å²) in [5, 5.41) is 2.21. The van der Waals surface area contributed by atoms with Crippen molar-refractivity contribution in [2.24, 2.45) is 0 Å². The summed E-state index contributed by atoms with van der Waals surface area (Å²) in [4.78, 5) is 1.78. The summed E-state index contributed by atoms with van der Waals surface area (Å²) >= 11 is 0. The van der Waals surface area contributed by atoms with E-state index in [1.807, 2.05) is 62.4 Å². The molecule has 0 saturated carbocycles. The quantitative estimate of drug-likeness (QED) is 0.669. The number of rotatable bonds is 2. The van der Waals surface area contributed by atoms with E-state index in [0.29, 0.717) is 0 Å². The second-order valence-electron chi connectivity index (χ2n) is 5.01. The van der Waals surface area contributed by atoms with Gasteiger partial charge in [-0.05, 0) is 42.3 Å². The molecule has 0 fully saturated rings. The van der Waals surface area contributed by atoms with Gasteiger partial charge in [-0.3, -0.25) is 0 Å². The number of hydrogen-bond donors (Lipinski definition) is 0. The molecule has 1 nitrogen and oxygen atoms in total. The van der Waals surface area contributed by atoms with Crippen molar-refractivity contribution in [2.45, 2.75) is 23.6 Å². The third-order valence-corrected chi connectivity index (χ3v) is 5.11. The maximum atomic E-state index is 12.9. The number of fused-ring (bicyclic) bond motifs is 1. The number of benzene rings is 3. The Labute approximate surface area is 121 Å². The molecule has 0 aliphatic rings. The minimum Gasteiger partial charge on any atom is -0.249 e. The zero-order valence-corrected chi connectivity index (χ0v) is 12.4. The van der Waals surface area contributed by atoms with Crippen LogP contribution in [0.15, 0.2) is 70.5 Å². The lowest BCUT2D eigenvalue weighted by Gasteiger charge is -2.10. The topological polar surface area (TPSA) is 17.1 Å². The van der Waals surface area contributed by atoms with Gasteiger partial charge in [0.25, 0.3) is 0 Å². The average molecular weight is 280 g/mol. The van der Waals surface area contributed by atoms with Gasteiger partial charge < -0.3 is 0 Å². The maximum absolute atomic E-state index is 12.9. The lowest BCUT2D eigenvalue weighted by molar-refractivity contribution is 0.683. The van der Waals surface area contributed by atoms with Crippen LogP contribution in [0.4, 0.5) is 0 Å². The second-order valence-corrected chi connectivity index (χ2v) is 6.43. The summed E-state index contributed by atoms with van der Waals surface area (Å²) in [5.74, 6) is 0. The van der Waals surface area contributed by atoms with Crippen LogP contribution in [0, 0.1) is 13.8 Å². The molecule has 2 heteroatoms. The van der Waals surface area contributed by atoms with Crippen molar-refractivity contribution in [1.29, 1.82) is 0 Å². The monoisotopic (exact) mass is 280 g/mol. The lowest BCUT2D eigenvalue weighted by Crippen LogP contribution is -1.97. The lowest BCUT2D eigenvalue weighted by atomic mass is 10.1. The molecule has 0 bridgehead atoms. The van der Waals surface area contributed by atoms with Crippen LogP contribution < -0.4 is 0 Å². The van der Waals surface area contributed by atoms with Gasteiger partial charge in [-0.15, -0.1) is 0 Å². The molecule has 0 saturated heterocycles. The van der Waals surface area contributed by atoms with E-state index >= 15 is 0 Å². The molecular formula is C18H16OS. The van der Waals surface area contributed by atoms with Crippen LogP contribution in [0.3, 0.4) is 0 Å². The van der Waals surface area contributed by atoms with Gasteiger partial charge in [0.15, 0.2) is 0 Å². The van der Waals surface area contributed by atoms with E-state index < -0.39 is 10.8 Å². The first kappa shape index (κ1) is 13.1. The molecule has 0 spiro atoms. The second kappa shape index (κ2) is 5.22. The highest BCUT2D eigenvalue weighted by Gasteiger charge is 2.13. The fourth-order valence-electron chi connectivity index (χ4n) is 2.38. The van der Waals surface area contributed by atoms with E-state index in [-0.39, 0.29) is 0 Å². The Morgan fingerprint density at radius 2 is 1.50 bits per heavy atom. The van der Waals surface area contributed by atoms with Gasteiger partial charge in [0.2, 0.25) is 0 Å². The zero-order chi connectivity index (χ0) is 14.1. The first-order valence-corrected chi connectivity index (χ1v) is 7.78. The smallest absolute Gasteiger partial charge is 0.0858 e. The van der Waals surface area contributed by atoms with Crippen LogP contribution >= 0.6 is 0 Å². The Balaban J connectivity index is 2.21. The van der Waals surface area contributed by atoms with Gasteiger partial charge in [-0.1, -0.05) is 54.1 Å². The van der Waals surface area contributed by atoms with E-state index in [2.05, 4.69) is 12.1 Å². The Hall–Kier alpha value is -1.93. The van der Waals surface area contributed by atoms with Crippen LogP contribution in [0.5, 0.6) is 0 Å². The predicted molar refractivity (Wildman–Crippen MR) is 84.5 cm³/mol. The molecule has 20 heavy (non-hydrogen) atoms. The summed E-state index contributed by atoms with van der Waals surface area (Å²) in [6.45, 7) is 4.06. The highest BCUT2D eigenvalue weighted by Crippen LogP contribution is 2.28. The minimum atomic E-state index is -1.14. The van der Waals surface area contributed by atoms with Crippen molar-refractivity contribution in [2.75, 3.05) is 0 Å². The van der Waals surface area contributed by atoms with Gasteiger partial charge in [0, 0.05) is 4.90 Å². The summed E-state index contributed by atoms with van der Waals surface area (Å²) in [7, 11) is -1.14. The van der Waals surface area contributed by atoms with Crippen LogP contribution in [-0.2, 0) is 10.8 Å². The molecule has 3 rings (SSSR count). The molecule has 1 unspecified atom stereocenters. The van der Waals surface area contributed by atoms with E-state index in [4.69, 9.17) is 0 Å². The fourth-order valence-corrected chi connectivity index (χ4v) is 3.74. The summed E-state index contributed by atoms with van der Waals surface area (Å²) < 4.78 is 12.9. The van der Waals surface area contributed by atoms with E-state index in [9.17, 15) is 4.21 Å². The first-order chi connectivity index (χ1) is 9.66. The van der Waals surface area contributed by atoms with Crippen molar-refractivity contribution >= 4 is 21.6 Å². The van der Waals surface area contributed by atoms with Crippen LogP contribution in [0.25, 0.3) is 10.8 Å². The van der Waals surface area contributed by atoms with Gasteiger partial charge in [0.1, 0.15) is 0 Å². The molecule has 0 heterocycles. The normalized spacial score (nSPS) is 12.5. The van der Waals surface area contributed by atoms with Crippen molar-refractivity contribution < 1.29 is 4.21 Å². The SMILES string of the molecule is Cc1ccc(S(=O)c2c(C)ccc3ccccc23)cc1. The molecule has 0 amide bonds. The summed E-state index contributed by atoms with van der Waals surface area (Å²) in [6.07, 6.45) is 0. The largest absolute Gasteiger partial charge is 0.249 e. The molecule has 0 N–H and O–H groups in total. The number of aryl methyl sites for hydroxylation is 2. The Morgan fingerprint density at radius 1 is 0.800 bits per heavy atom. The van der Waals surface area contributed by atoms with E-state index in [1.54, 1.807) is 0 Å². The predicted octanol–water partition coefficient (Wildman–Crippen LogP) is 4.62. The average Bonchev–Trinajstić information content (AvgIpc) is 2.47. The van der Waals surface area contributed by atoms with Gasteiger partial charge in [-0.25, -0.2) is 4.21 Å². The van der Waals surface area contributed by atoms with Gasteiger partial charge >= 0.3 is 0 Å². The number of hydrogen-bond acceptors (Lipinski definition) is 1. The van der Waals surface area contributed by atoms with Crippen LogP contribution in [0.2, 0.25) is 0 Å².